The Morgan fingerprint density at radius 1 is 1.31 bits per heavy atom. The maximum absolute atomic E-state index is 11.1. The van der Waals surface area contributed by atoms with Crippen LogP contribution in [0.3, 0.4) is 0 Å². The predicted molar refractivity (Wildman–Crippen MR) is 55.7 cm³/mol. The van der Waals surface area contributed by atoms with E-state index in [4.69, 9.17) is 17.2 Å². The number of hydrogen-bond donors (Lipinski definition) is 3. The summed E-state index contributed by atoms with van der Waals surface area (Å²) in [5, 5.41) is 0. The fraction of sp³-hybridized carbons (Fsp3) is 0.625. The van der Waals surface area contributed by atoms with E-state index in [-0.39, 0.29) is 5.96 Å². The lowest BCUT2D eigenvalue weighted by molar-refractivity contribution is -0.258. The van der Waals surface area contributed by atoms with Gasteiger partial charge in [0.2, 0.25) is 0 Å². The van der Waals surface area contributed by atoms with Crippen LogP contribution in [-0.4, -0.2) is 30.5 Å². The summed E-state index contributed by atoms with van der Waals surface area (Å²) in [4.78, 5) is 33.3. The van der Waals surface area contributed by atoms with E-state index in [2.05, 4.69) is 14.8 Å². The number of nitrogens with two attached hydrogens (primary N) is 3. The highest BCUT2D eigenvalue weighted by atomic mass is 17.2. The highest BCUT2D eigenvalue weighted by molar-refractivity contribution is 5.76. The van der Waals surface area contributed by atoms with Crippen molar-refractivity contribution in [3.05, 3.63) is 0 Å². The van der Waals surface area contributed by atoms with Gasteiger partial charge in [-0.1, -0.05) is 0 Å². The highest BCUT2D eigenvalue weighted by Gasteiger charge is 2.16. The van der Waals surface area contributed by atoms with Crippen LogP contribution in [0.15, 0.2) is 4.99 Å². The van der Waals surface area contributed by atoms with Gasteiger partial charge in [-0.15, -0.1) is 0 Å². The van der Waals surface area contributed by atoms with Crippen LogP contribution >= 0.6 is 0 Å². The third kappa shape index (κ3) is 7.56. The van der Waals surface area contributed by atoms with Crippen LogP contribution in [0.2, 0.25) is 0 Å². The molecule has 92 valence electrons. The van der Waals surface area contributed by atoms with Gasteiger partial charge in [0.1, 0.15) is 6.04 Å². The molecule has 8 heteroatoms. The average molecular weight is 232 g/mol. The Morgan fingerprint density at radius 3 is 2.44 bits per heavy atom. The van der Waals surface area contributed by atoms with Crippen LogP contribution < -0.4 is 17.2 Å². The van der Waals surface area contributed by atoms with Gasteiger partial charge in [-0.25, -0.2) is 19.4 Å². The molecule has 0 aliphatic rings. The van der Waals surface area contributed by atoms with Gasteiger partial charge in [-0.2, -0.15) is 0 Å². The van der Waals surface area contributed by atoms with Crippen LogP contribution in [0.4, 0.5) is 0 Å². The van der Waals surface area contributed by atoms with Crippen molar-refractivity contribution in [3.63, 3.8) is 0 Å². The molecule has 6 N–H and O–H groups in total. The van der Waals surface area contributed by atoms with Crippen molar-refractivity contribution in [3.8, 4) is 0 Å². The summed E-state index contributed by atoms with van der Waals surface area (Å²) in [5.41, 5.74) is 15.6. The Kier molecular flexibility index (Phi) is 6.61. The quantitative estimate of drug-likeness (QED) is 0.170. The number of hydrogen-bond acceptors (Lipinski definition) is 6. The van der Waals surface area contributed by atoms with Gasteiger partial charge < -0.3 is 17.2 Å². The molecule has 0 aliphatic heterocycles. The summed E-state index contributed by atoms with van der Waals surface area (Å²) in [6.45, 7) is 1.48. The molecule has 0 saturated heterocycles. The molecule has 0 unspecified atom stereocenters. The monoisotopic (exact) mass is 232 g/mol. The molecule has 0 aliphatic carbocycles. The Labute approximate surface area is 92.7 Å². The average Bonchev–Trinajstić information content (AvgIpc) is 2.20. The topological polar surface area (TPSA) is 143 Å². The van der Waals surface area contributed by atoms with E-state index in [1.54, 1.807) is 0 Å². The van der Waals surface area contributed by atoms with E-state index in [0.29, 0.717) is 19.4 Å². The maximum atomic E-state index is 11.1. The van der Waals surface area contributed by atoms with Gasteiger partial charge in [0, 0.05) is 13.5 Å². The molecule has 8 nitrogen and oxygen atoms in total. The van der Waals surface area contributed by atoms with Crippen molar-refractivity contribution < 1.29 is 19.4 Å². The summed E-state index contributed by atoms with van der Waals surface area (Å²) >= 11 is 0. The molecule has 0 fully saturated rings. The number of aliphatic imine (C=N–C) groups is 1. The zero-order valence-corrected chi connectivity index (χ0v) is 9.01. The highest BCUT2D eigenvalue weighted by Crippen LogP contribution is 1.98. The number of nitrogens with zero attached hydrogens (tertiary/aromatic N) is 1. The molecule has 0 aromatic rings. The van der Waals surface area contributed by atoms with E-state index >= 15 is 0 Å². The minimum Gasteiger partial charge on any atom is -0.370 e. The lowest BCUT2D eigenvalue weighted by Gasteiger charge is -2.07. The molecular formula is C8H16N4O4. The lowest BCUT2D eigenvalue weighted by Crippen LogP contribution is -2.33. The molecule has 0 radical (unpaired) electrons. The van der Waals surface area contributed by atoms with E-state index in [0.717, 1.165) is 6.92 Å². The van der Waals surface area contributed by atoms with Gasteiger partial charge in [0.05, 0.1) is 0 Å². The molecule has 0 heterocycles. The normalized spacial score (nSPS) is 11.4. The first-order valence-electron chi connectivity index (χ1n) is 4.63. The van der Waals surface area contributed by atoms with E-state index < -0.39 is 18.0 Å². The molecule has 16 heavy (non-hydrogen) atoms. The maximum Gasteiger partial charge on any atom is 0.372 e. The van der Waals surface area contributed by atoms with Crippen LogP contribution in [0.25, 0.3) is 0 Å². The SMILES string of the molecule is CC(=O)OOC(=O)[C@@H](N)CCCN=C(N)N. The second-order valence-electron chi connectivity index (χ2n) is 3.03. The Morgan fingerprint density at radius 2 is 1.94 bits per heavy atom. The summed E-state index contributed by atoms with van der Waals surface area (Å²) in [6, 6.07) is -0.867. The third-order valence-corrected chi connectivity index (χ3v) is 1.51. The summed E-state index contributed by atoms with van der Waals surface area (Å²) in [6.07, 6.45) is 0.852. The first kappa shape index (κ1) is 14.2. The van der Waals surface area contributed by atoms with Gasteiger partial charge >= 0.3 is 11.9 Å². The third-order valence-electron chi connectivity index (χ3n) is 1.51. The largest absolute Gasteiger partial charge is 0.372 e. The summed E-state index contributed by atoms with van der Waals surface area (Å²) in [5.74, 6) is -1.54. The van der Waals surface area contributed by atoms with Crippen molar-refractivity contribution in [1.29, 1.82) is 0 Å². The van der Waals surface area contributed by atoms with Gasteiger partial charge in [0.25, 0.3) is 0 Å². The standard InChI is InChI=1S/C8H16N4O4/c1-5(13)15-16-7(14)6(9)3-2-4-12-8(10)11/h6H,2-4,9H2,1H3,(H4,10,11,12)/t6-/m0/s1. The van der Waals surface area contributed by atoms with Crippen LogP contribution in [0, 0.1) is 0 Å². The van der Waals surface area contributed by atoms with E-state index in [9.17, 15) is 9.59 Å². The van der Waals surface area contributed by atoms with E-state index in [1.807, 2.05) is 0 Å². The van der Waals surface area contributed by atoms with Crippen molar-refractivity contribution in [2.24, 2.45) is 22.2 Å². The lowest BCUT2D eigenvalue weighted by atomic mass is 10.2. The number of carbonyl (C=O) groups excluding carboxylic acids is 2. The molecular weight excluding hydrogens is 216 g/mol. The second kappa shape index (κ2) is 7.46. The van der Waals surface area contributed by atoms with E-state index in [1.165, 1.54) is 0 Å². The van der Waals surface area contributed by atoms with Crippen LogP contribution in [0.1, 0.15) is 19.8 Å². The number of carbonyl (C=O) groups is 2. The first-order chi connectivity index (χ1) is 7.43. The Balaban J connectivity index is 3.71. The van der Waals surface area contributed by atoms with Gasteiger partial charge in [0.15, 0.2) is 5.96 Å². The fourth-order valence-electron chi connectivity index (χ4n) is 0.799. The Bertz CT molecular complexity index is 275. The van der Waals surface area contributed by atoms with Crippen molar-refractivity contribution in [2.75, 3.05) is 6.54 Å². The van der Waals surface area contributed by atoms with Crippen molar-refractivity contribution >= 4 is 17.9 Å². The Hall–Kier alpha value is -1.83. The molecule has 0 amide bonds. The minimum atomic E-state index is -0.867. The van der Waals surface area contributed by atoms with Crippen LogP contribution in [-0.2, 0) is 19.4 Å². The van der Waals surface area contributed by atoms with Crippen LogP contribution in [0.5, 0.6) is 0 Å². The van der Waals surface area contributed by atoms with Gasteiger partial charge in [-0.05, 0) is 12.8 Å². The number of rotatable bonds is 5. The van der Waals surface area contributed by atoms with Crippen molar-refractivity contribution in [2.45, 2.75) is 25.8 Å². The second-order valence-corrected chi connectivity index (χ2v) is 3.03. The molecule has 0 aromatic carbocycles. The minimum absolute atomic E-state index is 0.0175. The first-order valence-corrected chi connectivity index (χ1v) is 4.63. The molecule has 1 atom stereocenters. The number of guanidine groups is 1. The molecule has 0 bridgehead atoms. The van der Waals surface area contributed by atoms with Gasteiger partial charge in [-0.3, -0.25) is 4.99 Å². The predicted octanol–water partition coefficient (Wildman–Crippen LogP) is -1.61. The zero-order valence-electron chi connectivity index (χ0n) is 9.01. The molecule has 0 rings (SSSR count). The smallest absolute Gasteiger partial charge is 0.370 e. The van der Waals surface area contributed by atoms with Crippen molar-refractivity contribution in [1.82, 2.24) is 0 Å². The summed E-state index contributed by atoms with van der Waals surface area (Å²) < 4.78 is 0. The fourth-order valence-corrected chi connectivity index (χ4v) is 0.799. The molecule has 0 saturated carbocycles. The molecule has 0 aromatic heterocycles. The summed E-state index contributed by atoms with van der Waals surface area (Å²) in [7, 11) is 0. The molecule has 0 spiro atoms. The zero-order chi connectivity index (χ0) is 12.6.